The summed E-state index contributed by atoms with van der Waals surface area (Å²) in [5.41, 5.74) is 1.19. The molecule has 0 amide bonds. The maximum atomic E-state index is 4.41. The van der Waals surface area contributed by atoms with Crippen LogP contribution in [0, 0.1) is 0 Å². The Balaban J connectivity index is 2.87. The number of hydrogen-bond donors (Lipinski definition) is 1. The highest BCUT2D eigenvalue weighted by atomic mass is 79.9. The van der Waals surface area contributed by atoms with E-state index < -0.39 is 0 Å². The van der Waals surface area contributed by atoms with E-state index in [2.05, 4.69) is 56.6 Å². The van der Waals surface area contributed by atoms with Crippen molar-refractivity contribution in [2.45, 2.75) is 19.0 Å². The zero-order valence-corrected chi connectivity index (χ0v) is 12.4. The predicted octanol–water partition coefficient (Wildman–Crippen LogP) is 2.04. The van der Waals surface area contributed by atoms with Crippen molar-refractivity contribution < 1.29 is 0 Å². The number of likely N-dealkylation sites (N-methyl/N-ethyl adjacent to an activating group) is 1. The van der Waals surface area contributed by atoms with Gasteiger partial charge in [0.25, 0.3) is 0 Å². The fourth-order valence-corrected chi connectivity index (χ4v) is 2.30. The highest BCUT2D eigenvalue weighted by molar-refractivity contribution is 9.10. The normalized spacial score (nSPS) is 13.0. The van der Waals surface area contributed by atoms with E-state index >= 15 is 0 Å². The number of aromatic nitrogens is 2. The third-order valence-electron chi connectivity index (χ3n) is 2.67. The third kappa shape index (κ3) is 3.94. The van der Waals surface area contributed by atoms with Crippen LogP contribution in [0.4, 0.5) is 0 Å². The Kier molecular flexibility index (Phi) is 5.88. The highest BCUT2D eigenvalue weighted by Crippen LogP contribution is 2.25. The second-order valence-corrected chi connectivity index (χ2v) is 5.12. The van der Waals surface area contributed by atoms with Crippen molar-refractivity contribution in [3.63, 3.8) is 0 Å². The van der Waals surface area contributed by atoms with Crippen LogP contribution in [0.15, 0.2) is 23.3 Å². The van der Waals surface area contributed by atoms with E-state index in [9.17, 15) is 0 Å². The molecule has 0 aliphatic rings. The van der Waals surface area contributed by atoms with Gasteiger partial charge in [-0.1, -0.05) is 6.08 Å². The number of halogens is 1. The molecule has 0 bridgehead atoms. The van der Waals surface area contributed by atoms with Gasteiger partial charge >= 0.3 is 0 Å². The van der Waals surface area contributed by atoms with E-state index in [0.29, 0.717) is 0 Å². The van der Waals surface area contributed by atoms with Crippen LogP contribution in [0.1, 0.15) is 18.2 Å². The molecule has 1 atom stereocenters. The van der Waals surface area contributed by atoms with Gasteiger partial charge in [-0.15, -0.1) is 6.58 Å². The summed E-state index contributed by atoms with van der Waals surface area (Å²) in [6.07, 6.45) is 4.68. The molecule has 0 aliphatic carbocycles. The van der Waals surface area contributed by atoms with Gasteiger partial charge in [0, 0.05) is 6.54 Å². The summed E-state index contributed by atoms with van der Waals surface area (Å²) in [5, 5.41) is 7.71. The van der Waals surface area contributed by atoms with Crippen LogP contribution >= 0.6 is 15.9 Å². The molecule has 0 spiro atoms. The molecule has 5 heteroatoms. The summed E-state index contributed by atoms with van der Waals surface area (Å²) >= 11 is 3.56. The van der Waals surface area contributed by atoms with Crippen LogP contribution < -0.4 is 5.32 Å². The predicted molar refractivity (Wildman–Crippen MR) is 75.1 cm³/mol. The molecule has 17 heavy (non-hydrogen) atoms. The van der Waals surface area contributed by atoms with Gasteiger partial charge in [0.15, 0.2) is 0 Å². The molecule has 0 radical (unpaired) electrons. The zero-order chi connectivity index (χ0) is 12.8. The zero-order valence-electron chi connectivity index (χ0n) is 10.8. The van der Waals surface area contributed by atoms with Crippen molar-refractivity contribution in [2.24, 2.45) is 0 Å². The molecule has 4 nitrogen and oxygen atoms in total. The lowest BCUT2D eigenvalue weighted by atomic mass is 10.1. The summed E-state index contributed by atoms with van der Waals surface area (Å²) in [5.74, 6) is 0. The fourth-order valence-electron chi connectivity index (χ4n) is 1.72. The minimum Gasteiger partial charge on any atom is -0.311 e. The van der Waals surface area contributed by atoms with E-state index in [1.807, 2.05) is 19.3 Å². The van der Waals surface area contributed by atoms with Crippen LogP contribution in [-0.4, -0.2) is 42.4 Å². The Hall–Kier alpha value is -0.650. The Labute approximate surface area is 112 Å². The quantitative estimate of drug-likeness (QED) is 0.783. The minimum atomic E-state index is 0.256. The van der Waals surface area contributed by atoms with E-state index in [-0.39, 0.29) is 6.04 Å². The summed E-state index contributed by atoms with van der Waals surface area (Å²) in [7, 11) is 6.10. The molecule has 1 unspecified atom stereocenters. The Morgan fingerprint density at radius 2 is 2.35 bits per heavy atom. The van der Waals surface area contributed by atoms with E-state index in [1.54, 1.807) is 0 Å². The highest BCUT2D eigenvalue weighted by Gasteiger charge is 2.17. The molecule has 0 saturated carbocycles. The lowest BCUT2D eigenvalue weighted by Gasteiger charge is -2.18. The van der Waals surface area contributed by atoms with E-state index in [4.69, 9.17) is 0 Å². The molecule has 1 N–H and O–H groups in total. The first-order valence-corrected chi connectivity index (χ1v) is 6.53. The lowest BCUT2D eigenvalue weighted by Crippen LogP contribution is -2.24. The minimum absolute atomic E-state index is 0.256. The molecule has 1 heterocycles. The Morgan fingerprint density at radius 1 is 1.65 bits per heavy atom. The molecule has 0 aliphatic heterocycles. The average molecular weight is 301 g/mol. The van der Waals surface area contributed by atoms with Gasteiger partial charge in [-0.25, -0.2) is 0 Å². The van der Waals surface area contributed by atoms with Crippen LogP contribution in [0.2, 0.25) is 0 Å². The van der Waals surface area contributed by atoms with Gasteiger partial charge in [-0.3, -0.25) is 4.68 Å². The summed E-state index contributed by atoms with van der Waals surface area (Å²) < 4.78 is 3.10. The van der Waals surface area contributed by atoms with Crippen molar-refractivity contribution in [3.05, 3.63) is 29.0 Å². The molecule has 0 aromatic carbocycles. The molecule has 0 fully saturated rings. The van der Waals surface area contributed by atoms with Crippen LogP contribution in [0.25, 0.3) is 0 Å². The molecule has 1 aromatic heterocycles. The van der Waals surface area contributed by atoms with Gasteiger partial charge < -0.3 is 10.2 Å². The van der Waals surface area contributed by atoms with Crippen molar-refractivity contribution in [1.82, 2.24) is 20.0 Å². The molecule has 1 aromatic rings. The van der Waals surface area contributed by atoms with Gasteiger partial charge in [-0.05, 0) is 43.5 Å². The standard InChI is InChI=1S/C12H21BrN4/c1-5-6-11(14-2)12-10(13)9-15-17(12)8-7-16(3)4/h5,9,11,14H,1,6-8H2,2-4H3. The summed E-state index contributed by atoms with van der Waals surface area (Å²) in [4.78, 5) is 2.15. The Bertz CT molecular complexity index is 359. The lowest BCUT2D eigenvalue weighted by molar-refractivity contribution is 0.363. The average Bonchev–Trinajstić information content (AvgIpc) is 2.65. The first-order valence-electron chi connectivity index (χ1n) is 5.74. The molecule has 96 valence electrons. The number of nitrogens with one attached hydrogen (secondary N) is 1. The van der Waals surface area contributed by atoms with Crippen LogP contribution in [-0.2, 0) is 6.54 Å². The number of hydrogen-bond acceptors (Lipinski definition) is 3. The van der Waals surface area contributed by atoms with Crippen molar-refractivity contribution in [1.29, 1.82) is 0 Å². The van der Waals surface area contributed by atoms with Gasteiger partial charge in [-0.2, -0.15) is 5.10 Å². The third-order valence-corrected chi connectivity index (χ3v) is 3.28. The van der Waals surface area contributed by atoms with E-state index in [1.165, 1.54) is 5.69 Å². The molecular formula is C12H21BrN4. The molecular weight excluding hydrogens is 280 g/mol. The summed E-state index contributed by atoms with van der Waals surface area (Å²) in [6.45, 7) is 5.67. The largest absolute Gasteiger partial charge is 0.311 e. The Morgan fingerprint density at radius 3 is 2.88 bits per heavy atom. The number of nitrogens with zero attached hydrogens (tertiary/aromatic N) is 3. The van der Waals surface area contributed by atoms with Crippen molar-refractivity contribution >= 4 is 15.9 Å². The van der Waals surface area contributed by atoms with Gasteiger partial charge in [0.2, 0.25) is 0 Å². The second kappa shape index (κ2) is 6.93. The molecule has 1 rings (SSSR count). The first-order chi connectivity index (χ1) is 8.10. The summed E-state index contributed by atoms with van der Waals surface area (Å²) in [6, 6.07) is 0.256. The second-order valence-electron chi connectivity index (χ2n) is 4.27. The van der Waals surface area contributed by atoms with Gasteiger partial charge in [0.05, 0.1) is 29.0 Å². The maximum Gasteiger partial charge on any atom is 0.0699 e. The first kappa shape index (κ1) is 14.4. The van der Waals surface area contributed by atoms with Crippen molar-refractivity contribution in [2.75, 3.05) is 27.7 Å². The smallest absolute Gasteiger partial charge is 0.0699 e. The number of rotatable bonds is 7. The van der Waals surface area contributed by atoms with Crippen LogP contribution in [0.5, 0.6) is 0 Å². The van der Waals surface area contributed by atoms with Crippen molar-refractivity contribution in [3.8, 4) is 0 Å². The topological polar surface area (TPSA) is 33.1 Å². The fraction of sp³-hybridized carbons (Fsp3) is 0.583. The SMILES string of the molecule is C=CCC(NC)c1c(Br)cnn1CCN(C)C. The molecule has 0 saturated heterocycles. The van der Waals surface area contributed by atoms with Crippen LogP contribution in [0.3, 0.4) is 0 Å². The van der Waals surface area contributed by atoms with E-state index in [0.717, 1.165) is 24.0 Å². The monoisotopic (exact) mass is 300 g/mol. The maximum absolute atomic E-state index is 4.41. The van der Waals surface area contributed by atoms with Gasteiger partial charge in [0.1, 0.15) is 0 Å².